The van der Waals surface area contributed by atoms with Gasteiger partial charge in [-0.15, -0.1) is 0 Å². The van der Waals surface area contributed by atoms with Crippen LogP contribution in [0.3, 0.4) is 0 Å². The van der Waals surface area contributed by atoms with Gasteiger partial charge >= 0.3 is 6.03 Å². The van der Waals surface area contributed by atoms with Crippen molar-refractivity contribution in [3.05, 3.63) is 59.7 Å². The second-order valence-corrected chi connectivity index (χ2v) is 7.32. The lowest BCUT2D eigenvalue weighted by Crippen LogP contribution is -2.52. The molecule has 2 aliphatic rings. The van der Waals surface area contributed by atoms with Crippen molar-refractivity contribution in [2.24, 2.45) is 5.92 Å². The van der Waals surface area contributed by atoms with Gasteiger partial charge in [0.25, 0.3) is 0 Å². The molecule has 2 fully saturated rings. The molecule has 146 valence electrons. The van der Waals surface area contributed by atoms with Gasteiger partial charge < -0.3 is 15.1 Å². The molecule has 0 radical (unpaired) electrons. The van der Waals surface area contributed by atoms with E-state index in [1.807, 2.05) is 18.2 Å². The normalized spacial score (nSPS) is 17.0. The fourth-order valence-corrected chi connectivity index (χ4v) is 3.78. The molecule has 2 saturated heterocycles. The fourth-order valence-electron chi connectivity index (χ4n) is 3.78. The third kappa shape index (κ3) is 3.69. The second kappa shape index (κ2) is 7.58. The molecule has 2 aromatic rings. The molecule has 3 amide bonds. The standard InChI is InChI=1S/C21H21F2N3O2/c22-16-8-7-14(11-17(16)23)10-15-12-25(13-15)21(28)24-18-4-1-2-5-19(18)26-9-3-6-20(26)27/h1-2,4-5,7-8,11,15H,3,6,9-10,12-13H2,(H,24,28). The van der Waals surface area contributed by atoms with Crippen LogP contribution >= 0.6 is 0 Å². The number of amides is 3. The third-order valence-electron chi connectivity index (χ3n) is 5.26. The number of halogens is 2. The van der Waals surface area contributed by atoms with Gasteiger partial charge in [-0.1, -0.05) is 18.2 Å². The van der Waals surface area contributed by atoms with E-state index in [-0.39, 0.29) is 17.9 Å². The molecule has 4 rings (SSSR count). The summed E-state index contributed by atoms with van der Waals surface area (Å²) in [5.41, 5.74) is 2.06. The highest BCUT2D eigenvalue weighted by molar-refractivity contribution is 6.01. The first kappa shape index (κ1) is 18.4. The van der Waals surface area contributed by atoms with Crippen LogP contribution in [-0.4, -0.2) is 36.5 Å². The van der Waals surface area contributed by atoms with Gasteiger partial charge in [-0.2, -0.15) is 0 Å². The highest BCUT2D eigenvalue weighted by Crippen LogP contribution is 2.30. The van der Waals surface area contributed by atoms with Crippen LogP contribution in [0.1, 0.15) is 18.4 Å². The molecule has 0 spiro atoms. The molecule has 28 heavy (non-hydrogen) atoms. The van der Waals surface area contributed by atoms with Crippen LogP contribution in [0.4, 0.5) is 25.0 Å². The Bertz CT molecular complexity index is 912. The molecule has 7 heteroatoms. The summed E-state index contributed by atoms with van der Waals surface area (Å²) in [5, 5.41) is 2.89. The Morgan fingerprint density at radius 3 is 2.61 bits per heavy atom. The highest BCUT2D eigenvalue weighted by Gasteiger charge is 2.32. The highest BCUT2D eigenvalue weighted by atomic mass is 19.2. The average molecular weight is 385 g/mol. The number of anilines is 2. The minimum atomic E-state index is -0.853. The molecule has 0 aromatic heterocycles. The van der Waals surface area contributed by atoms with E-state index in [0.29, 0.717) is 38.2 Å². The summed E-state index contributed by atoms with van der Waals surface area (Å²) in [4.78, 5) is 27.9. The van der Waals surface area contributed by atoms with Crippen LogP contribution in [-0.2, 0) is 11.2 Å². The van der Waals surface area contributed by atoms with Gasteiger partial charge in [0.05, 0.1) is 11.4 Å². The Morgan fingerprint density at radius 1 is 1.11 bits per heavy atom. The number of hydrogen-bond acceptors (Lipinski definition) is 2. The Balaban J connectivity index is 1.35. The van der Waals surface area contributed by atoms with Crippen LogP contribution in [0.25, 0.3) is 0 Å². The number of likely N-dealkylation sites (tertiary alicyclic amines) is 1. The van der Waals surface area contributed by atoms with E-state index in [1.54, 1.807) is 21.9 Å². The lowest BCUT2D eigenvalue weighted by atomic mass is 9.92. The Kier molecular flexibility index (Phi) is 4.98. The van der Waals surface area contributed by atoms with Crippen molar-refractivity contribution in [1.29, 1.82) is 0 Å². The van der Waals surface area contributed by atoms with E-state index in [4.69, 9.17) is 0 Å². The lowest BCUT2D eigenvalue weighted by molar-refractivity contribution is -0.117. The predicted molar refractivity (Wildman–Crippen MR) is 102 cm³/mol. The maximum absolute atomic E-state index is 13.3. The molecule has 2 aliphatic heterocycles. The zero-order chi connectivity index (χ0) is 19.7. The van der Waals surface area contributed by atoms with E-state index >= 15 is 0 Å². The molecule has 2 heterocycles. The third-order valence-corrected chi connectivity index (χ3v) is 5.26. The van der Waals surface area contributed by atoms with E-state index in [0.717, 1.165) is 23.7 Å². The van der Waals surface area contributed by atoms with E-state index in [1.165, 1.54) is 6.07 Å². The monoisotopic (exact) mass is 385 g/mol. The lowest BCUT2D eigenvalue weighted by Gasteiger charge is -2.39. The minimum absolute atomic E-state index is 0.0669. The number of carbonyl (C=O) groups is 2. The van der Waals surface area contributed by atoms with Gasteiger partial charge in [0.15, 0.2) is 11.6 Å². The largest absolute Gasteiger partial charge is 0.324 e. The van der Waals surface area contributed by atoms with E-state index in [2.05, 4.69) is 5.32 Å². The molecule has 0 aliphatic carbocycles. The van der Waals surface area contributed by atoms with Crippen LogP contribution in [0, 0.1) is 17.6 Å². The zero-order valence-corrected chi connectivity index (χ0v) is 15.3. The smallest absolute Gasteiger partial charge is 0.321 e. The Labute approximate surface area is 161 Å². The quantitative estimate of drug-likeness (QED) is 0.871. The van der Waals surface area contributed by atoms with E-state index in [9.17, 15) is 18.4 Å². The molecule has 0 saturated carbocycles. The number of nitrogens with one attached hydrogen (secondary N) is 1. The van der Waals surface area contributed by atoms with Gasteiger partial charge in [0.2, 0.25) is 5.91 Å². The summed E-state index contributed by atoms with van der Waals surface area (Å²) in [6, 6.07) is 11.0. The summed E-state index contributed by atoms with van der Waals surface area (Å²) < 4.78 is 26.3. The number of hydrogen-bond donors (Lipinski definition) is 1. The summed E-state index contributed by atoms with van der Waals surface area (Å²) in [6.07, 6.45) is 1.94. The number of carbonyl (C=O) groups excluding carboxylic acids is 2. The average Bonchev–Trinajstić information content (AvgIpc) is 3.07. The van der Waals surface area contributed by atoms with Crippen molar-refractivity contribution in [2.75, 3.05) is 29.9 Å². The Morgan fingerprint density at radius 2 is 1.89 bits per heavy atom. The first-order valence-corrected chi connectivity index (χ1v) is 9.40. The van der Waals surface area contributed by atoms with Crippen molar-refractivity contribution < 1.29 is 18.4 Å². The second-order valence-electron chi connectivity index (χ2n) is 7.32. The summed E-state index contributed by atoms with van der Waals surface area (Å²) >= 11 is 0. The molecule has 2 aromatic carbocycles. The summed E-state index contributed by atoms with van der Waals surface area (Å²) in [7, 11) is 0. The maximum atomic E-state index is 13.3. The van der Waals surface area contributed by atoms with Gasteiger partial charge in [0.1, 0.15) is 0 Å². The number of benzene rings is 2. The predicted octanol–water partition coefficient (Wildman–Crippen LogP) is 3.80. The van der Waals surface area contributed by atoms with Crippen LogP contribution in [0.15, 0.2) is 42.5 Å². The van der Waals surface area contributed by atoms with Crippen LogP contribution in [0.2, 0.25) is 0 Å². The molecular weight excluding hydrogens is 364 g/mol. The van der Waals surface area contributed by atoms with Gasteiger partial charge in [-0.25, -0.2) is 13.6 Å². The summed E-state index contributed by atoms with van der Waals surface area (Å²) in [5.74, 6) is -1.42. The zero-order valence-electron chi connectivity index (χ0n) is 15.3. The first-order valence-electron chi connectivity index (χ1n) is 9.40. The molecule has 0 bridgehead atoms. The topological polar surface area (TPSA) is 52.7 Å². The summed E-state index contributed by atoms with van der Waals surface area (Å²) in [6.45, 7) is 1.76. The van der Waals surface area contributed by atoms with Gasteiger partial charge in [-0.05, 0) is 48.6 Å². The molecule has 0 atom stereocenters. The number of para-hydroxylation sites is 2. The number of rotatable bonds is 4. The first-order chi connectivity index (χ1) is 13.5. The van der Waals surface area contributed by atoms with Gasteiger partial charge in [-0.3, -0.25) is 4.79 Å². The van der Waals surface area contributed by atoms with Crippen molar-refractivity contribution >= 4 is 23.3 Å². The molecular formula is C21H21F2N3O2. The van der Waals surface area contributed by atoms with Crippen LogP contribution in [0.5, 0.6) is 0 Å². The molecule has 5 nitrogen and oxygen atoms in total. The number of urea groups is 1. The van der Waals surface area contributed by atoms with Crippen molar-refractivity contribution in [3.63, 3.8) is 0 Å². The Hall–Kier alpha value is -2.96. The van der Waals surface area contributed by atoms with Crippen molar-refractivity contribution in [2.45, 2.75) is 19.3 Å². The molecule has 0 unspecified atom stereocenters. The SMILES string of the molecule is O=C(Nc1ccccc1N1CCCC1=O)N1CC(Cc2ccc(F)c(F)c2)C1. The molecule has 1 N–H and O–H groups in total. The fraction of sp³-hybridized carbons (Fsp3) is 0.333. The van der Waals surface area contributed by atoms with Crippen molar-refractivity contribution in [3.8, 4) is 0 Å². The minimum Gasteiger partial charge on any atom is -0.324 e. The number of nitrogens with zero attached hydrogens (tertiary/aromatic N) is 2. The van der Waals surface area contributed by atoms with Gasteiger partial charge in [0, 0.05) is 26.1 Å². The van der Waals surface area contributed by atoms with Crippen molar-refractivity contribution in [1.82, 2.24) is 4.90 Å². The maximum Gasteiger partial charge on any atom is 0.321 e. The van der Waals surface area contributed by atoms with Crippen LogP contribution < -0.4 is 10.2 Å². The van der Waals surface area contributed by atoms with E-state index < -0.39 is 11.6 Å².